The van der Waals surface area contributed by atoms with Crippen LogP contribution in [-0.2, 0) is 6.54 Å². The lowest BCUT2D eigenvalue weighted by Crippen LogP contribution is -2.01. The molecule has 21 heavy (non-hydrogen) atoms. The Morgan fingerprint density at radius 3 is 2.62 bits per heavy atom. The number of anilines is 1. The van der Waals surface area contributed by atoms with Crippen molar-refractivity contribution in [2.45, 2.75) is 19.9 Å². The number of nitrogens with one attached hydrogen (secondary N) is 1. The number of hydrogen-bond acceptors (Lipinski definition) is 3. The van der Waals surface area contributed by atoms with Crippen LogP contribution in [0.5, 0.6) is 11.5 Å². The normalized spacial score (nSPS) is 10.4. The molecule has 2 rings (SSSR count). The van der Waals surface area contributed by atoms with Gasteiger partial charge in [0.25, 0.3) is 0 Å². The van der Waals surface area contributed by atoms with Gasteiger partial charge in [-0.05, 0) is 36.8 Å². The molecule has 0 atom stereocenters. The van der Waals surface area contributed by atoms with Crippen molar-refractivity contribution in [2.24, 2.45) is 0 Å². The molecule has 112 valence electrons. The maximum atomic E-state index is 9.79. The third kappa shape index (κ3) is 4.19. The molecular formula is C16H17Cl2NO2. The molecule has 0 unspecified atom stereocenters. The monoisotopic (exact) mass is 325 g/mol. The summed E-state index contributed by atoms with van der Waals surface area (Å²) in [5.74, 6) is 0.841. The van der Waals surface area contributed by atoms with Crippen LogP contribution in [0, 0.1) is 0 Å². The number of phenols is 1. The summed E-state index contributed by atoms with van der Waals surface area (Å²) in [7, 11) is 0. The first-order valence-corrected chi connectivity index (χ1v) is 7.50. The summed E-state index contributed by atoms with van der Waals surface area (Å²) < 4.78 is 5.52. The minimum Gasteiger partial charge on any atom is -0.508 e. The fourth-order valence-electron chi connectivity index (χ4n) is 1.85. The Morgan fingerprint density at radius 2 is 1.95 bits per heavy atom. The van der Waals surface area contributed by atoms with Crippen LogP contribution < -0.4 is 10.1 Å². The lowest BCUT2D eigenvalue weighted by molar-refractivity contribution is 0.317. The Hall–Kier alpha value is -1.58. The van der Waals surface area contributed by atoms with Gasteiger partial charge in [-0.15, -0.1) is 0 Å². The highest BCUT2D eigenvalue weighted by Gasteiger charge is 2.07. The number of ether oxygens (including phenoxy) is 1. The minimum atomic E-state index is 0.170. The molecule has 0 aliphatic heterocycles. The van der Waals surface area contributed by atoms with Crippen molar-refractivity contribution >= 4 is 28.9 Å². The molecule has 2 aromatic rings. The summed E-state index contributed by atoms with van der Waals surface area (Å²) in [4.78, 5) is 0. The van der Waals surface area contributed by atoms with Gasteiger partial charge in [0.05, 0.1) is 11.6 Å². The van der Waals surface area contributed by atoms with E-state index in [0.29, 0.717) is 34.5 Å². The maximum absolute atomic E-state index is 9.79. The summed E-state index contributed by atoms with van der Waals surface area (Å²) in [5, 5.41) is 14.1. The fourth-order valence-corrected chi connectivity index (χ4v) is 2.32. The molecule has 0 aliphatic carbocycles. The Morgan fingerprint density at radius 1 is 1.14 bits per heavy atom. The van der Waals surface area contributed by atoms with E-state index in [1.54, 1.807) is 24.3 Å². The molecule has 0 amide bonds. The molecular weight excluding hydrogens is 309 g/mol. The zero-order chi connectivity index (χ0) is 15.2. The molecule has 2 N–H and O–H groups in total. The number of phenolic OH excluding ortho intramolecular Hbond substituents is 1. The zero-order valence-electron chi connectivity index (χ0n) is 11.7. The summed E-state index contributed by atoms with van der Waals surface area (Å²) in [6, 6.07) is 10.6. The van der Waals surface area contributed by atoms with Crippen molar-refractivity contribution in [1.82, 2.24) is 0 Å². The van der Waals surface area contributed by atoms with Crippen LogP contribution in [0.15, 0.2) is 36.4 Å². The summed E-state index contributed by atoms with van der Waals surface area (Å²) in [6.45, 7) is 3.09. The van der Waals surface area contributed by atoms with E-state index in [-0.39, 0.29) is 5.75 Å². The average molecular weight is 326 g/mol. The smallest absolute Gasteiger partial charge is 0.138 e. The van der Waals surface area contributed by atoms with Gasteiger partial charge in [0.2, 0.25) is 0 Å². The van der Waals surface area contributed by atoms with Gasteiger partial charge in [0.1, 0.15) is 11.5 Å². The Bertz CT molecular complexity index is 597. The predicted octanol–water partition coefficient (Wildman–Crippen LogP) is 5.10. The summed E-state index contributed by atoms with van der Waals surface area (Å²) in [5.41, 5.74) is 1.49. The molecule has 0 spiro atoms. The lowest BCUT2D eigenvalue weighted by atomic mass is 10.2. The van der Waals surface area contributed by atoms with Crippen LogP contribution in [-0.4, -0.2) is 11.7 Å². The maximum Gasteiger partial charge on any atom is 0.138 e. The Kier molecular flexibility index (Phi) is 5.59. The van der Waals surface area contributed by atoms with Gasteiger partial charge in [-0.3, -0.25) is 0 Å². The molecule has 0 fully saturated rings. The molecule has 3 nitrogen and oxygen atoms in total. The van der Waals surface area contributed by atoms with Crippen molar-refractivity contribution in [3.05, 3.63) is 52.0 Å². The number of rotatable bonds is 6. The highest BCUT2D eigenvalue weighted by Crippen LogP contribution is 2.30. The van der Waals surface area contributed by atoms with Gasteiger partial charge in [-0.25, -0.2) is 0 Å². The van der Waals surface area contributed by atoms with E-state index in [0.717, 1.165) is 12.1 Å². The van der Waals surface area contributed by atoms with Crippen LogP contribution in [0.25, 0.3) is 0 Å². The van der Waals surface area contributed by atoms with Gasteiger partial charge in [0, 0.05) is 22.8 Å². The van der Waals surface area contributed by atoms with E-state index in [9.17, 15) is 5.11 Å². The Labute approximate surface area is 134 Å². The fraction of sp³-hybridized carbons (Fsp3) is 0.250. The van der Waals surface area contributed by atoms with E-state index in [1.807, 2.05) is 19.1 Å². The average Bonchev–Trinajstić information content (AvgIpc) is 2.46. The largest absolute Gasteiger partial charge is 0.508 e. The number of aromatic hydroxyl groups is 1. The van der Waals surface area contributed by atoms with Crippen molar-refractivity contribution < 1.29 is 9.84 Å². The highest BCUT2D eigenvalue weighted by atomic mass is 35.5. The third-order valence-corrected chi connectivity index (χ3v) is 3.61. The van der Waals surface area contributed by atoms with Crippen LogP contribution in [0.4, 0.5) is 5.69 Å². The second-order valence-corrected chi connectivity index (χ2v) is 5.40. The molecule has 0 bridgehead atoms. The van der Waals surface area contributed by atoms with Crippen molar-refractivity contribution in [3.8, 4) is 11.5 Å². The van der Waals surface area contributed by atoms with Gasteiger partial charge in [-0.1, -0.05) is 36.2 Å². The quantitative estimate of drug-likeness (QED) is 0.776. The van der Waals surface area contributed by atoms with Gasteiger partial charge < -0.3 is 15.2 Å². The van der Waals surface area contributed by atoms with E-state index < -0.39 is 0 Å². The van der Waals surface area contributed by atoms with Crippen LogP contribution >= 0.6 is 23.2 Å². The highest BCUT2D eigenvalue weighted by molar-refractivity contribution is 6.32. The molecule has 0 saturated carbocycles. The first-order chi connectivity index (χ1) is 10.1. The van der Waals surface area contributed by atoms with Gasteiger partial charge >= 0.3 is 0 Å². The SMILES string of the molecule is CCCOc1ccc(NCc2c(O)cccc2Cl)cc1Cl. The lowest BCUT2D eigenvalue weighted by Gasteiger charge is -2.12. The first-order valence-electron chi connectivity index (χ1n) is 6.74. The summed E-state index contributed by atoms with van der Waals surface area (Å²) in [6.07, 6.45) is 0.933. The molecule has 0 aliphatic rings. The Balaban J connectivity index is 2.05. The molecule has 0 heterocycles. The summed E-state index contributed by atoms with van der Waals surface area (Å²) >= 11 is 12.2. The first kappa shape index (κ1) is 15.8. The molecule has 2 aromatic carbocycles. The zero-order valence-corrected chi connectivity index (χ0v) is 13.2. The predicted molar refractivity (Wildman–Crippen MR) is 87.7 cm³/mol. The van der Waals surface area contributed by atoms with Crippen molar-refractivity contribution in [3.63, 3.8) is 0 Å². The van der Waals surface area contributed by atoms with E-state index in [1.165, 1.54) is 0 Å². The van der Waals surface area contributed by atoms with Gasteiger partial charge in [-0.2, -0.15) is 0 Å². The molecule has 0 saturated heterocycles. The molecule has 5 heteroatoms. The van der Waals surface area contributed by atoms with Crippen LogP contribution in [0.1, 0.15) is 18.9 Å². The molecule has 0 radical (unpaired) electrons. The number of benzene rings is 2. The van der Waals surface area contributed by atoms with Crippen molar-refractivity contribution in [1.29, 1.82) is 0 Å². The second-order valence-electron chi connectivity index (χ2n) is 4.58. The van der Waals surface area contributed by atoms with E-state index in [2.05, 4.69) is 5.32 Å². The second kappa shape index (κ2) is 7.43. The van der Waals surface area contributed by atoms with Gasteiger partial charge in [0.15, 0.2) is 0 Å². The number of halogens is 2. The van der Waals surface area contributed by atoms with E-state index >= 15 is 0 Å². The molecule has 0 aromatic heterocycles. The van der Waals surface area contributed by atoms with Crippen LogP contribution in [0.3, 0.4) is 0 Å². The van der Waals surface area contributed by atoms with E-state index in [4.69, 9.17) is 27.9 Å². The topological polar surface area (TPSA) is 41.5 Å². The van der Waals surface area contributed by atoms with Crippen molar-refractivity contribution in [2.75, 3.05) is 11.9 Å². The number of hydrogen-bond donors (Lipinski definition) is 2. The minimum absolute atomic E-state index is 0.170. The standard InChI is InChI=1S/C16H17Cl2NO2/c1-2-8-21-16-7-6-11(9-14(16)18)19-10-12-13(17)4-3-5-15(12)20/h3-7,9,19-20H,2,8,10H2,1H3. The van der Waals surface area contributed by atoms with Crippen LogP contribution in [0.2, 0.25) is 10.0 Å². The third-order valence-electron chi connectivity index (χ3n) is 2.96.